The van der Waals surface area contributed by atoms with Crippen LogP contribution in [-0.2, 0) is 19.1 Å². The number of carboxylic acids is 1. The van der Waals surface area contributed by atoms with Gasteiger partial charge in [-0.25, -0.2) is 8.78 Å². The third kappa shape index (κ3) is 6.91. The number of nitrogens with zero attached hydrogens (tertiary/aromatic N) is 3. The number of carbonyl (C=O) groups is 2. The van der Waals surface area contributed by atoms with Gasteiger partial charge in [0.15, 0.2) is 0 Å². The van der Waals surface area contributed by atoms with Crippen molar-refractivity contribution < 1.29 is 37.7 Å². The van der Waals surface area contributed by atoms with Gasteiger partial charge < -0.3 is 29.1 Å². The number of hydrogen-bond acceptors (Lipinski definition) is 7. The lowest BCUT2D eigenvalue weighted by atomic mass is 9.85. The maximum absolute atomic E-state index is 17.9. The van der Waals surface area contributed by atoms with Crippen molar-refractivity contribution in [2.45, 2.75) is 80.6 Å². The Hall–Kier alpha value is -3.28. The first kappa shape index (κ1) is 34.6. The summed E-state index contributed by atoms with van der Waals surface area (Å²) in [5, 5.41) is 9.49. The average Bonchev–Trinajstić information content (AvgIpc) is 3.70. The molecule has 262 valence electrons. The molecule has 4 aliphatic rings. The number of rotatable bonds is 10. The fourth-order valence-electron chi connectivity index (χ4n) is 8.68. The van der Waals surface area contributed by atoms with Gasteiger partial charge in [-0.2, -0.15) is 0 Å². The lowest BCUT2D eigenvalue weighted by Crippen LogP contribution is -2.53. The predicted molar refractivity (Wildman–Crippen MR) is 178 cm³/mol. The van der Waals surface area contributed by atoms with Gasteiger partial charge in [0.2, 0.25) is 5.67 Å². The topological polar surface area (TPSA) is 91.8 Å². The molecule has 1 N–H and O–H groups in total. The number of alkyl halides is 1. The summed E-state index contributed by atoms with van der Waals surface area (Å²) >= 11 is 0. The van der Waals surface area contributed by atoms with E-state index in [2.05, 4.69) is 9.80 Å². The Bertz CT molecular complexity index is 1430. The quantitative estimate of drug-likeness (QED) is 0.368. The summed E-state index contributed by atoms with van der Waals surface area (Å²) in [5.74, 6) is -2.25. The third-order valence-electron chi connectivity index (χ3n) is 11.4. The number of methoxy groups -OCH3 is 3. The summed E-state index contributed by atoms with van der Waals surface area (Å²) in [6.07, 6.45) is 5.35. The highest BCUT2D eigenvalue weighted by molar-refractivity contribution is 5.88. The number of carboxylic acid groups (broad SMARTS) is 1. The first-order valence-electron chi connectivity index (χ1n) is 17.3. The SMILES string of the molecule is COC[C@@H]1C[C@@H](c2ccc(F)cc2N2CCC(C(=O)O)CC2)CN1C(=O)[C@]1(F)CN(C2CCC(OC)CC2)C[C@H]1c1ccc(OC)cc1. The number of aliphatic carboxylic acids is 1. The maximum atomic E-state index is 17.9. The minimum Gasteiger partial charge on any atom is -0.497 e. The molecule has 9 nitrogen and oxygen atoms in total. The second kappa shape index (κ2) is 14.7. The molecular formula is C37H49F2N3O6. The standard InChI is InChI=1S/C37H49F2N3O6/c1-46-22-29-18-26(32-13-6-27(38)19-34(32)40-16-14-25(15-17-40)35(43)44)20-42(29)36(45)37(39)23-41(28-7-11-31(48-3)12-8-28)21-33(37)24-4-9-30(47-2)10-5-24/h4-6,9-10,13,19,25-26,28-29,31,33H,7-8,11-12,14-18,20-23H2,1-3H3,(H,43,44)/t26-,28?,29+,31?,33+,37+/m1/s1. The van der Waals surface area contributed by atoms with Crippen molar-refractivity contribution in [1.82, 2.24) is 9.80 Å². The lowest BCUT2D eigenvalue weighted by Gasteiger charge is -2.35. The molecule has 1 amide bonds. The van der Waals surface area contributed by atoms with Gasteiger partial charge in [-0.1, -0.05) is 18.2 Å². The highest BCUT2D eigenvalue weighted by Gasteiger charge is 2.58. The number of halogens is 2. The molecule has 6 rings (SSSR count). The molecule has 2 aromatic rings. The van der Waals surface area contributed by atoms with E-state index < -0.39 is 29.4 Å². The summed E-state index contributed by atoms with van der Waals surface area (Å²) in [5.41, 5.74) is 0.227. The van der Waals surface area contributed by atoms with E-state index in [1.165, 1.54) is 12.1 Å². The first-order chi connectivity index (χ1) is 23.1. The van der Waals surface area contributed by atoms with Crippen LogP contribution < -0.4 is 9.64 Å². The Morgan fingerprint density at radius 1 is 0.958 bits per heavy atom. The lowest BCUT2D eigenvalue weighted by molar-refractivity contribution is -0.146. The van der Waals surface area contributed by atoms with Crippen LogP contribution in [0, 0.1) is 11.7 Å². The van der Waals surface area contributed by atoms with E-state index in [0.29, 0.717) is 44.6 Å². The zero-order chi connectivity index (χ0) is 34.0. The second-order valence-corrected chi connectivity index (χ2v) is 14.1. The molecule has 1 aliphatic carbocycles. The molecule has 4 fully saturated rings. The fraction of sp³-hybridized carbons (Fsp3) is 0.622. The van der Waals surface area contributed by atoms with E-state index in [1.54, 1.807) is 32.3 Å². The Labute approximate surface area is 282 Å². The van der Waals surface area contributed by atoms with Gasteiger partial charge in [0.1, 0.15) is 11.6 Å². The molecule has 0 bridgehead atoms. The van der Waals surface area contributed by atoms with Gasteiger partial charge in [-0.3, -0.25) is 14.5 Å². The van der Waals surface area contributed by atoms with E-state index in [9.17, 15) is 19.1 Å². The molecule has 2 aromatic carbocycles. The molecule has 0 radical (unpaired) electrons. The summed E-state index contributed by atoms with van der Waals surface area (Å²) < 4.78 is 49.1. The van der Waals surface area contributed by atoms with Gasteiger partial charge in [-0.15, -0.1) is 0 Å². The van der Waals surface area contributed by atoms with E-state index in [1.807, 2.05) is 24.3 Å². The zero-order valence-corrected chi connectivity index (χ0v) is 28.3. The van der Waals surface area contributed by atoms with Crippen molar-refractivity contribution in [2.24, 2.45) is 5.92 Å². The Balaban J connectivity index is 1.27. The molecule has 0 unspecified atom stereocenters. The number of benzene rings is 2. The monoisotopic (exact) mass is 669 g/mol. The van der Waals surface area contributed by atoms with E-state index >= 15 is 4.39 Å². The predicted octanol–water partition coefficient (Wildman–Crippen LogP) is 5.23. The van der Waals surface area contributed by atoms with Crippen LogP contribution in [0.2, 0.25) is 0 Å². The minimum absolute atomic E-state index is 0.0199. The van der Waals surface area contributed by atoms with Crippen molar-refractivity contribution >= 4 is 17.6 Å². The van der Waals surface area contributed by atoms with Crippen LogP contribution in [0.1, 0.15) is 67.9 Å². The Morgan fingerprint density at radius 2 is 1.67 bits per heavy atom. The van der Waals surface area contributed by atoms with Crippen LogP contribution in [0.25, 0.3) is 0 Å². The van der Waals surface area contributed by atoms with Crippen molar-refractivity contribution in [3.05, 3.63) is 59.4 Å². The number of amides is 1. The maximum Gasteiger partial charge on any atom is 0.306 e. The number of anilines is 1. The Morgan fingerprint density at radius 3 is 2.29 bits per heavy atom. The number of likely N-dealkylation sites (tertiary alicyclic amines) is 2. The molecule has 4 atom stereocenters. The average molecular weight is 670 g/mol. The summed E-state index contributed by atoms with van der Waals surface area (Å²) in [6.45, 7) is 2.02. The summed E-state index contributed by atoms with van der Waals surface area (Å²) in [7, 11) is 4.92. The summed E-state index contributed by atoms with van der Waals surface area (Å²) in [6, 6.07) is 11.9. The highest BCUT2D eigenvalue weighted by Crippen LogP contribution is 2.46. The number of hydrogen-bond donors (Lipinski definition) is 1. The van der Waals surface area contributed by atoms with Gasteiger partial charge in [-0.05, 0) is 80.3 Å². The Kier molecular flexibility index (Phi) is 10.6. The van der Waals surface area contributed by atoms with E-state index in [-0.39, 0.29) is 49.6 Å². The van der Waals surface area contributed by atoms with Crippen molar-refractivity contribution in [2.75, 3.05) is 65.6 Å². The van der Waals surface area contributed by atoms with E-state index in [0.717, 1.165) is 42.5 Å². The van der Waals surface area contributed by atoms with Crippen LogP contribution in [0.4, 0.5) is 14.5 Å². The first-order valence-corrected chi connectivity index (χ1v) is 17.3. The highest BCUT2D eigenvalue weighted by atomic mass is 19.1. The number of piperidine rings is 1. The fourth-order valence-corrected chi connectivity index (χ4v) is 8.68. The third-order valence-corrected chi connectivity index (χ3v) is 11.4. The number of ether oxygens (including phenoxy) is 3. The van der Waals surface area contributed by atoms with E-state index in [4.69, 9.17) is 14.2 Å². The molecule has 0 aromatic heterocycles. The molecule has 0 spiro atoms. The smallest absolute Gasteiger partial charge is 0.306 e. The normalized spacial score (nSPS) is 30.1. The molecule has 3 aliphatic heterocycles. The minimum atomic E-state index is -2.15. The zero-order valence-electron chi connectivity index (χ0n) is 28.3. The van der Waals surface area contributed by atoms with Gasteiger partial charge in [0.05, 0.1) is 31.8 Å². The van der Waals surface area contributed by atoms with Crippen molar-refractivity contribution in [3.8, 4) is 5.75 Å². The van der Waals surface area contributed by atoms with Crippen LogP contribution in [-0.4, -0.2) is 111 Å². The van der Waals surface area contributed by atoms with Gasteiger partial charge in [0.25, 0.3) is 5.91 Å². The van der Waals surface area contributed by atoms with Gasteiger partial charge >= 0.3 is 5.97 Å². The summed E-state index contributed by atoms with van der Waals surface area (Å²) in [4.78, 5) is 32.2. The molecule has 11 heteroatoms. The number of carbonyl (C=O) groups excluding carboxylic acids is 1. The van der Waals surface area contributed by atoms with Crippen LogP contribution >= 0.6 is 0 Å². The largest absolute Gasteiger partial charge is 0.497 e. The van der Waals surface area contributed by atoms with Crippen molar-refractivity contribution in [1.29, 1.82) is 0 Å². The second-order valence-electron chi connectivity index (χ2n) is 14.1. The molecule has 48 heavy (non-hydrogen) atoms. The van der Waals surface area contributed by atoms with Crippen LogP contribution in [0.15, 0.2) is 42.5 Å². The molecular weight excluding hydrogens is 620 g/mol. The molecule has 3 saturated heterocycles. The molecule has 3 heterocycles. The van der Waals surface area contributed by atoms with Gasteiger partial charge in [0, 0.05) is 70.5 Å². The van der Waals surface area contributed by atoms with Crippen LogP contribution in [0.3, 0.4) is 0 Å². The van der Waals surface area contributed by atoms with Crippen molar-refractivity contribution in [3.63, 3.8) is 0 Å². The molecule has 1 saturated carbocycles. The van der Waals surface area contributed by atoms with Crippen LogP contribution in [0.5, 0.6) is 5.75 Å².